The van der Waals surface area contributed by atoms with Crippen LogP contribution in [0.25, 0.3) is 0 Å². The SMILES string of the molecule is Cc1ccccc1C(C)Nc1ccnc(Cl)n1. The Morgan fingerprint density at radius 2 is 2.00 bits per heavy atom. The quantitative estimate of drug-likeness (QED) is 0.842. The van der Waals surface area contributed by atoms with Gasteiger partial charge in [-0.25, -0.2) is 9.97 Å². The van der Waals surface area contributed by atoms with Crippen LogP contribution in [0.15, 0.2) is 36.5 Å². The van der Waals surface area contributed by atoms with E-state index in [1.807, 2.05) is 12.1 Å². The van der Waals surface area contributed by atoms with Gasteiger partial charge in [0.1, 0.15) is 5.82 Å². The van der Waals surface area contributed by atoms with Crippen molar-refractivity contribution < 1.29 is 0 Å². The third kappa shape index (κ3) is 2.94. The summed E-state index contributed by atoms with van der Waals surface area (Å²) in [7, 11) is 0. The Balaban J connectivity index is 2.17. The summed E-state index contributed by atoms with van der Waals surface area (Å²) < 4.78 is 0. The van der Waals surface area contributed by atoms with Crippen LogP contribution < -0.4 is 5.32 Å². The van der Waals surface area contributed by atoms with Gasteiger partial charge in [0.25, 0.3) is 0 Å². The average molecular weight is 248 g/mol. The predicted octanol–water partition coefficient (Wildman–Crippen LogP) is 3.61. The molecule has 0 fully saturated rings. The minimum absolute atomic E-state index is 0.183. The van der Waals surface area contributed by atoms with Crippen molar-refractivity contribution in [2.45, 2.75) is 19.9 Å². The molecule has 0 aliphatic heterocycles. The summed E-state index contributed by atoms with van der Waals surface area (Å²) in [4.78, 5) is 7.96. The summed E-state index contributed by atoms with van der Waals surface area (Å²) in [6, 6.07) is 10.3. The number of aryl methyl sites for hydroxylation is 1. The zero-order chi connectivity index (χ0) is 12.3. The third-order valence-corrected chi connectivity index (χ3v) is 2.83. The van der Waals surface area contributed by atoms with Gasteiger partial charge in [-0.15, -0.1) is 0 Å². The first-order chi connectivity index (χ1) is 8.16. The van der Waals surface area contributed by atoms with Gasteiger partial charge in [-0.2, -0.15) is 0 Å². The molecule has 0 saturated heterocycles. The predicted molar refractivity (Wildman–Crippen MR) is 70.3 cm³/mol. The van der Waals surface area contributed by atoms with Gasteiger partial charge in [0.2, 0.25) is 5.28 Å². The molecule has 17 heavy (non-hydrogen) atoms. The molecule has 0 spiro atoms. The lowest BCUT2D eigenvalue weighted by Gasteiger charge is -2.16. The van der Waals surface area contributed by atoms with Crippen molar-refractivity contribution >= 4 is 17.4 Å². The van der Waals surface area contributed by atoms with E-state index >= 15 is 0 Å². The van der Waals surface area contributed by atoms with Gasteiger partial charge in [0.15, 0.2) is 0 Å². The lowest BCUT2D eigenvalue weighted by molar-refractivity contribution is 0.862. The zero-order valence-electron chi connectivity index (χ0n) is 9.81. The summed E-state index contributed by atoms with van der Waals surface area (Å²) in [5, 5.41) is 3.56. The second-order valence-corrected chi connectivity index (χ2v) is 4.27. The molecule has 0 saturated carbocycles. The number of benzene rings is 1. The fourth-order valence-electron chi connectivity index (χ4n) is 1.79. The van der Waals surface area contributed by atoms with Crippen LogP contribution in [0.5, 0.6) is 0 Å². The van der Waals surface area contributed by atoms with Crippen LogP contribution >= 0.6 is 11.6 Å². The number of rotatable bonds is 3. The molecule has 2 aromatic rings. The molecule has 0 bridgehead atoms. The van der Waals surface area contributed by atoms with E-state index in [-0.39, 0.29) is 11.3 Å². The number of hydrogen-bond donors (Lipinski definition) is 1. The van der Waals surface area contributed by atoms with Crippen molar-refractivity contribution in [3.63, 3.8) is 0 Å². The number of nitrogens with zero attached hydrogens (tertiary/aromatic N) is 2. The van der Waals surface area contributed by atoms with Crippen molar-refractivity contribution in [3.05, 3.63) is 52.9 Å². The minimum Gasteiger partial charge on any atom is -0.363 e. The molecule has 1 unspecified atom stereocenters. The normalized spacial score (nSPS) is 12.2. The van der Waals surface area contributed by atoms with Crippen LogP contribution in [0.2, 0.25) is 5.28 Å². The molecule has 1 N–H and O–H groups in total. The Morgan fingerprint density at radius 3 is 2.71 bits per heavy atom. The Kier molecular flexibility index (Phi) is 3.59. The van der Waals surface area contributed by atoms with E-state index in [0.717, 1.165) is 5.82 Å². The van der Waals surface area contributed by atoms with Crippen LogP contribution in [-0.2, 0) is 0 Å². The van der Waals surface area contributed by atoms with E-state index in [4.69, 9.17) is 11.6 Å². The highest BCUT2D eigenvalue weighted by molar-refractivity contribution is 6.28. The van der Waals surface area contributed by atoms with Crippen LogP contribution in [0.3, 0.4) is 0 Å². The third-order valence-electron chi connectivity index (χ3n) is 2.65. The van der Waals surface area contributed by atoms with Crippen molar-refractivity contribution in [2.24, 2.45) is 0 Å². The first kappa shape index (κ1) is 11.9. The molecule has 1 heterocycles. The monoisotopic (exact) mass is 247 g/mol. The highest BCUT2D eigenvalue weighted by atomic mass is 35.5. The summed E-state index contributed by atoms with van der Waals surface area (Å²) in [5.41, 5.74) is 2.51. The Morgan fingerprint density at radius 1 is 1.24 bits per heavy atom. The van der Waals surface area contributed by atoms with E-state index < -0.39 is 0 Å². The van der Waals surface area contributed by atoms with Gasteiger partial charge in [0.05, 0.1) is 6.04 Å². The second-order valence-electron chi connectivity index (χ2n) is 3.93. The van der Waals surface area contributed by atoms with E-state index in [9.17, 15) is 0 Å². The summed E-state index contributed by atoms with van der Waals surface area (Å²) in [6.07, 6.45) is 1.64. The molecule has 0 aliphatic rings. The van der Waals surface area contributed by atoms with E-state index in [2.05, 4.69) is 41.3 Å². The molecule has 4 heteroatoms. The number of hydrogen-bond acceptors (Lipinski definition) is 3. The van der Waals surface area contributed by atoms with Crippen molar-refractivity contribution in [3.8, 4) is 0 Å². The fraction of sp³-hybridized carbons (Fsp3) is 0.231. The van der Waals surface area contributed by atoms with Crippen LogP contribution in [0, 0.1) is 6.92 Å². The van der Waals surface area contributed by atoms with Gasteiger partial charge in [-0.05, 0) is 42.6 Å². The zero-order valence-corrected chi connectivity index (χ0v) is 10.6. The van der Waals surface area contributed by atoms with Crippen molar-refractivity contribution in [2.75, 3.05) is 5.32 Å². The fourth-order valence-corrected chi connectivity index (χ4v) is 1.93. The molecule has 1 atom stereocenters. The molecular weight excluding hydrogens is 234 g/mol. The second kappa shape index (κ2) is 5.15. The Bertz CT molecular complexity index is 514. The Labute approximate surface area is 106 Å². The average Bonchev–Trinajstić information content (AvgIpc) is 2.29. The molecule has 1 aromatic heterocycles. The van der Waals surface area contributed by atoms with Gasteiger partial charge in [0, 0.05) is 6.20 Å². The van der Waals surface area contributed by atoms with Gasteiger partial charge >= 0.3 is 0 Å². The standard InChI is InChI=1S/C13H14ClN3/c1-9-5-3-4-6-11(9)10(2)16-12-7-8-15-13(14)17-12/h3-8,10H,1-2H3,(H,15,16,17). The maximum absolute atomic E-state index is 5.74. The van der Waals surface area contributed by atoms with Gasteiger partial charge < -0.3 is 5.32 Å². The maximum Gasteiger partial charge on any atom is 0.224 e. The molecule has 2 rings (SSSR count). The first-order valence-electron chi connectivity index (χ1n) is 5.47. The molecule has 1 aromatic carbocycles. The number of anilines is 1. The highest BCUT2D eigenvalue weighted by Gasteiger charge is 2.08. The van der Waals surface area contributed by atoms with E-state index in [1.165, 1.54) is 11.1 Å². The lowest BCUT2D eigenvalue weighted by Crippen LogP contribution is -2.09. The molecular formula is C13H14ClN3. The summed E-state index contributed by atoms with van der Waals surface area (Å²) >= 11 is 5.74. The maximum atomic E-state index is 5.74. The van der Waals surface area contributed by atoms with E-state index in [1.54, 1.807) is 12.3 Å². The topological polar surface area (TPSA) is 37.8 Å². The minimum atomic E-state index is 0.183. The number of nitrogens with one attached hydrogen (secondary N) is 1. The van der Waals surface area contributed by atoms with Crippen LogP contribution in [0.1, 0.15) is 24.1 Å². The van der Waals surface area contributed by atoms with Gasteiger partial charge in [-0.1, -0.05) is 24.3 Å². The highest BCUT2D eigenvalue weighted by Crippen LogP contribution is 2.20. The molecule has 0 radical (unpaired) electrons. The van der Waals surface area contributed by atoms with Gasteiger partial charge in [-0.3, -0.25) is 0 Å². The molecule has 3 nitrogen and oxygen atoms in total. The molecule has 88 valence electrons. The summed E-state index contributed by atoms with van der Waals surface area (Å²) in [6.45, 7) is 4.19. The summed E-state index contributed by atoms with van der Waals surface area (Å²) in [5.74, 6) is 0.737. The number of aromatic nitrogens is 2. The van der Waals surface area contributed by atoms with E-state index in [0.29, 0.717) is 0 Å². The van der Waals surface area contributed by atoms with Crippen molar-refractivity contribution in [1.29, 1.82) is 0 Å². The van der Waals surface area contributed by atoms with Crippen LogP contribution in [-0.4, -0.2) is 9.97 Å². The Hall–Kier alpha value is -1.61. The first-order valence-corrected chi connectivity index (χ1v) is 5.85. The molecule has 0 amide bonds. The lowest BCUT2D eigenvalue weighted by atomic mass is 10.0. The largest absolute Gasteiger partial charge is 0.363 e. The smallest absolute Gasteiger partial charge is 0.224 e. The van der Waals surface area contributed by atoms with Crippen molar-refractivity contribution in [1.82, 2.24) is 9.97 Å². The number of halogens is 1. The molecule has 0 aliphatic carbocycles. The van der Waals surface area contributed by atoms with Crippen LogP contribution in [0.4, 0.5) is 5.82 Å².